The Kier molecular flexibility index (Phi) is 12.5. The second-order valence-corrected chi connectivity index (χ2v) is 11.4. The van der Waals surface area contributed by atoms with Gasteiger partial charge < -0.3 is 24.8 Å². The Labute approximate surface area is 167 Å². The van der Waals surface area contributed by atoms with Gasteiger partial charge in [-0.25, -0.2) is 0 Å². The molecule has 134 valence electrons. The summed E-state index contributed by atoms with van der Waals surface area (Å²) >= 11 is -1.39. The van der Waals surface area contributed by atoms with Crippen LogP contribution in [-0.2, 0) is 17.4 Å². The van der Waals surface area contributed by atoms with Gasteiger partial charge >= 0.3 is 143 Å². The van der Waals surface area contributed by atoms with Gasteiger partial charge in [-0.15, -0.1) is 0 Å². The average Bonchev–Trinajstić information content (AvgIpc) is 3.13. The van der Waals surface area contributed by atoms with Crippen molar-refractivity contribution >= 4 is 3.81 Å². The molecule has 0 N–H and O–H groups in total. The average molecular weight is 403 g/mol. The van der Waals surface area contributed by atoms with Gasteiger partial charge in [0.05, 0.1) is 0 Å². The van der Waals surface area contributed by atoms with Crippen LogP contribution in [-0.4, -0.2) is 3.81 Å². The predicted molar refractivity (Wildman–Crippen MR) is 97.0 cm³/mol. The summed E-state index contributed by atoms with van der Waals surface area (Å²) in [5, 5.41) is 0. The van der Waals surface area contributed by atoms with Crippen LogP contribution in [0.15, 0.2) is 43.2 Å². The van der Waals surface area contributed by atoms with Crippen LogP contribution in [0.3, 0.4) is 0 Å². The van der Waals surface area contributed by atoms with Gasteiger partial charge in [0.15, 0.2) is 0 Å². The van der Waals surface area contributed by atoms with Gasteiger partial charge in [-0.3, -0.25) is 0 Å². The van der Waals surface area contributed by atoms with Crippen molar-refractivity contribution in [2.24, 2.45) is 0 Å². The zero-order valence-corrected chi connectivity index (χ0v) is 18.8. The van der Waals surface area contributed by atoms with Gasteiger partial charge in [-0.1, -0.05) is 0 Å². The van der Waals surface area contributed by atoms with Crippen molar-refractivity contribution in [2.75, 3.05) is 0 Å². The summed E-state index contributed by atoms with van der Waals surface area (Å²) in [6.07, 6.45) is 20.1. The molecule has 0 saturated heterocycles. The summed E-state index contributed by atoms with van der Waals surface area (Å²) < 4.78 is 5.46. The number of unbranched alkanes of at least 4 members (excludes halogenated alkanes) is 2. The van der Waals surface area contributed by atoms with E-state index >= 15 is 0 Å². The zero-order chi connectivity index (χ0) is 15.9. The Morgan fingerprint density at radius 2 is 1.25 bits per heavy atom. The molecule has 0 heterocycles. The summed E-state index contributed by atoms with van der Waals surface area (Å²) in [6, 6.07) is 0. The van der Waals surface area contributed by atoms with Gasteiger partial charge in [0.2, 0.25) is 0 Å². The second kappa shape index (κ2) is 12.5. The molecule has 0 radical (unpaired) electrons. The van der Waals surface area contributed by atoms with Crippen LogP contribution in [0.2, 0.25) is 0 Å². The molecule has 0 bridgehead atoms. The molecule has 0 atom stereocenters. The van der Waals surface area contributed by atoms with E-state index in [-0.39, 0.29) is 24.8 Å². The third kappa shape index (κ3) is 6.13. The Balaban J connectivity index is 0.00000264. The zero-order valence-electron chi connectivity index (χ0n) is 15.7. The molecule has 2 aliphatic carbocycles. The van der Waals surface area contributed by atoms with Gasteiger partial charge in [-0.05, 0) is 0 Å². The summed E-state index contributed by atoms with van der Waals surface area (Å²) in [5.41, 5.74) is 3.40. The van der Waals surface area contributed by atoms with Crippen LogP contribution < -0.4 is 24.8 Å². The molecule has 0 amide bonds. The minimum absolute atomic E-state index is 0. The van der Waals surface area contributed by atoms with Crippen molar-refractivity contribution in [1.82, 2.24) is 0 Å². The van der Waals surface area contributed by atoms with E-state index in [9.17, 15) is 0 Å². The van der Waals surface area contributed by atoms with Crippen LogP contribution >= 0.6 is 0 Å². The van der Waals surface area contributed by atoms with Crippen molar-refractivity contribution in [3.8, 4) is 0 Å². The van der Waals surface area contributed by atoms with E-state index in [4.69, 9.17) is 0 Å². The molecule has 0 fully saturated rings. The predicted octanol–water partition coefficient (Wildman–Crippen LogP) is 0.633. The molecule has 24 heavy (non-hydrogen) atoms. The van der Waals surface area contributed by atoms with Crippen molar-refractivity contribution in [1.29, 1.82) is 0 Å². The van der Waals surface area contributed by atoms with E-state index in [1.54, 1.807) is 15.0 Å². The molecule has 0 aromatic heterocycles. The minimum Gasteiger partial charge on any atom is -1.00 e. The summed E-state index contributed by atoms with van der Waals surface area (Å²) in [6.45, 7) is 9.42. The van der Waals surface area contributed by atoms with Gasteiger partial charge in [0.1, 0.15) is 0 Å². The van der Waals surface area contributed by atoms with E-state index in [1.165, 1.54) is 51.4 Å². The molecule has 2 rings (SSSR count). The number of allylic oxidation sites excluding steroid dienone is 8. The topological polar surface area (TPSA) is 0 Å². The fourth-order valence-electron chi connectivity index (χ4n) is 3.62. The normalized spacial score (nSPS) is 15.3. The van der Waals surface area contributed by atoms with Gasteiger partial charge in [-0.2, -0.15) is 0 Å². The van der Waals surface area contributed by atoms with Crippen LogP contribution in [0.4, 0.5) is 0 Å². The van der Waals surface area contributed by atoms with Crippen molar-refractivity contribution in [2.45, 2.75) is 79.1 Å². The third-order valence-corrected chi connectivity index (χ3v) is 9.85. The first-order chi connectivity index (χ1) is 10.7. The van der Waals surface area contributed by atoms with E-state index in [0.29, 0.717) is 0 Å². The van der Waals surface area contributed by atoms with E-state index in [2.05, 4.69) is 52.0 Å². The molecule has 0 aromatic rings. The molecule has 0 nitrogen and oxygen atoms in total. The molecule has 0 unspecified atom stereocenters. The third-order valence-electron chi connectivity index (χ3n) is 4.76. The minimum atomic E-state index is -1.39. The molecule has 0 aromatic carbocycles. The van der Waals surface area contributed by atoms with E-state index in [1.807, 2.05) is 7.76 Å². The Bertz CT molecular complexity index is 514. The standard InChI is InChI=1S/2C9H13.C3H6.2ClH.Ti/c2*1-2-3-6-9-7-4-5-8-9;1-3-2;;;/h2*4,7H,2-3,5-6H2,1H3;1-2H3;2*1H;/q;;;;;+2/p-2. The largest absolute Gasteiger partial charge is 1.00 e. The smallest absolute Gasteiger partial charge is 1.00 e. The number of hydrogen-bond donors (Lipinski definition) is 0. The molecule has 2 aliphatic rings. The van der Waals surface area contributed by atoms with E-state index < -0.39 is 17.4 Å². The van der Waals surface area contributed by atoms with Crippen LogP contribution in [0, 0.1) is 0 Å². The van der Waals surface area contributed by atoms with Crippen molar-refractivity contribution in [3.05, 3.63) is 43.2 Å². The molecule has 3 heteroatoms. The number of rotatable bonds is 8. The van der Waals surface area contributed by atoms with Crippen LogP contribution in [0.25, 0.3) is 0 Å². The van der Waals surface area contributed by atoms with Crippen molar-refractivity contribution < 1.29 is 42.2 Å². The maximum absolute atomic E-state index is 2.44. The molecule has 0 spiro atoms. The second-order valence-electron chi connectivity index (χ2n) is 6.80. The summed E-state index contributed by atoms with van der Waals surface area (Å²) in [7, 11) is 0. The molecular formula is C21H32Cl2Ti. The quantitative estimate of drug-likeness (QED) is 0.522. The number of halogens is 2. The first-order valence-electron chi connectivity index (χ1n) is 9.14. The van der Waals surface area contributed by atoms with Gasteiger partial charge in [0, 0.05) is 0 Å². The maximum Gasteiger partial charge on any atom is -1.00 e. The Morgan fingerprint density at radius 3 is 1.58 bits per heavy atom. The Hall–Kier alpha value is 0.124. The van der Waals surface area contributed by atoms with Crippen molar-refractivity contribution in [3.63, 3.8) is 0 Å². The Morgan fingerprint density at radius 1 is 0.833 bits per heavy atom. The fraction of sp³-hybridized carbons (Fsp3) is 0.571. The monoisotopic (exact) mass is 402 g/mol. The van der Waals surface area contributed by atoms with Gasteiger partial charge in [0.25, 0.3) is 0 Å². The first-order valence-corrected chi connectivity index (χ1v) is 11.5. The molecule has 0 saturated carbocycles. The van der Waals surface area contributed by atoms with Crippen LogP contribution in [0.5, 0.6) is 0 Å². The summed E-state index contributed by atoms with van der Waals surface area (Å²) in [4.78, 5) is 0. The SMILES string of the molecule is CCCCC1=[C]([Ti+2]([C]2=C(CCCC)C=CC2)=[C](C)C)CC=C1.[Cl-].[Cl-]. The molecule has 0 aliphatic heterocycles. The molecular weight excluding hydrogens is 371 g/mol. The first kappa shape index (κ1) is 24.1. The van der Waals surface area contributed by atoms with Crippen LogP contribution in [0.1, 0.15) is 79.1 Å². The summed E-state index contributed by atoms with van der Waals surface area (Å²) in [5.74, 6) is 0. The number of hydrogen-bond acceptors (Lipinski definition) is 0. The maximum atomic E-state index is 2.44. The van der Waals surface area contributed by atoms with E-state index in [0.717, 1.165) is 0 Å². The fourth-order valence-corrected chi connectivity index (χ4v) is 8.73.